The molecule has 12 heteroatoms. The Labute approximate surface area is 163 Å². The summed E-state index contributed by atoms with van der Waals surface area (Å²) in [5, 5.41) is 5.74. The lowest BCUT2D eigenvalue weighted by Gasteiger charge is -2.24. The van der Waals surface area contributed by atoms with Gasteiger partial charge in [0, 0.05) is 6.04 Å². The van der Waals surface area contributed by atoms with Crippen molar-refractivity contribution < 1.29 is 40.6 Å². The van der Waals surface area contributed by atoms with Gasteiger partial charge in [0.1, 0.15) is 11.5 Å². The van der Waals surface area contributed by atoms with Gasteiger partial charge < -0.3 is 20.1 Å². The number of nitrogens with one attached hydrogen (secondary N) is 2. The second-order valence-electron chi connectivity index (χ2n) is 5.96. The topological polar surface area (TPSA) is 59.6 Å². The van der Waals surface area contributed by atoms with E-state index in [2.05, 4.69) is 20.1 Å². The summed E-state index contributed by atoms with van der Waals surface area (Å²) in [6, 6.07) is 2.73. The molecule has 0 unspecified atom stereocenters. The molecular weight excluding hydrogens is 418 g/mol. The smallest absolute Gasteiger partial charge is 0.422 e. The van der Waals surface area contributed by atoms with E-state index in [9.17, 15) is 31.1 Å². The predicted octanol–water partition coefficient (Wildman–Crippen LogP) is 3.47. The molecule has 1 fully saturated rings. The molecule has 1 aromatic carbocycles. The van der Waals surface area contributed by atoms with Gasteiger partial charge in [-0.1, -0.05) is 0 Å². The van der Waals surface area contributed by atoms with Gasteiger partial charge in [0.05, 0.1) is 5.56 Å². The van der Waals surface area contributed by atoms with Crippen LogP contribution in [0.25, 0.3) is 0 Å². The van der Waals surface area contributed by atoms with Gasteiger partial charge in [0.25, 0.3) is 5.91 Å². The van der Waals surface area contributed by atoms with Crippen LogP contribution in [0.3, 0.4) is 0 Å². The minimum Gasteiger partial charge on any atom is -0.484 e. The number of rotatable bonds is 6. The number of carbonyl (C=O) groups excluding carboxylic acids is 1. The Kier molecular flexibility index (Phi) is 8.68. The van der Waals surface area contributed by atoms with Crippen LogP contribution in [0.1, 0.15) is 23.2 Å². The number of benzene rings is 1. The van der Waals surface area contributed by atoms with Crippen LogP contribution in [-0.4, -0.2) is 50.6 Å². The molecule has 28 heavy (non-hydrogen) atoms. The molecule has 2 N–H and O–H groups in total. The number of carbonyl (C=O) groups is 1. The molecule has 1 heterocycles. The second-order valence-corrected chi connectivity index (χ2v) is 5.96. The summed E-state index contributed by atoms with van der Waals surface area (Å²) in [6.07, 6.45) is -7.99. The lowest BCUT2D eigenvalue weighted by atomic mass is 10.1. The fourth-order valence-electron chi connectivity index (χ4n) is 2.46. The fraction of sp³-hybridized carbons (Fsp3) is 0.562. The van der Waals surface area contributed by atoms with E-state index >= 15 is 0 Å². The highest BCUT2D eigenvalue weighted by atomic mass is 35.5. The molecule has 2 rings (SSSR count). The monoisotopic (exact) mass is 436 g/mol. The Morgan fingerprint density at radius 2 is 1.61 bits per heavy atom. The molecule has 0 aromatic heterocycles. The molecule has 0 atom stereocenters. The summed E-state index contributed by atoms with van der Waals surface area (Å²) in [4.78, 5) is 12.4. The van der Waals surface area contributed by atoms with E-state index in [0.717, 1.165) is 18.2 Å². The molecule has 1 saturated heterocycles. The summed E-state index contributed by atoms with van der Waals surface area (Å²) in [7, 11) is 0. The number of amides is 1. The third-order valence-electron chi connectivity index (χ3n) is 3.66. The van der Waals surface area contributed by atoms with Crippen LogP contribution in [0, 0.1) is 0 Å². The highest BCUT2D eigenvalue weighted by Gasteiger charge is 2.31. The van der Waals surface area contributed by atoms with E-state index in [1.165, 1.54) is 0 Å². The molecule has 1 aliphatic heterocycles. The van der Waals surface area contributed by atoms with Gasteiger partial charge in [-0.25, -0.2) is 0 Å². The lowest BCUT2D eigenvalue weighted by molar-refractivity contribution is -0.154. The molecule has 1 aromatic rings. The maximum absolute atomic E-state index is 12.4. The third kappa shape index (κ3) is 8.42. The van der Waals surface area contributed by atoms with Gasteiger partial charge in [-0.05, 0) is 44.1 Å². The van der Waals surface area contributed by atoms with Gasteiger partial charge in [-0.15, -0.1) is 12.4 Å². The van der Waals surface area contributed by atoms with Crippen LogP contribution in [-0.2, 0) is 0 Å². The van der Waals surface area contributed by atoms with Crippen LogP contribution in [0.4, 0.5) is 26.3 Å². The first kappa shape index (κ1) is 24.2. The normalized spacial score (nSPS) is 15.5. The van der Waals surface area contributed by atoms with Crippen LogP contribution in [0.2, 0.25) is 0 Å². The first-order valence-corrected chi connectivity index (χ1v) is 8.08. The van der Waals surface area contributed by atoms with Crippen LogP contribution in [0.5, 0.6) is 11.5 Å². The van der Waals surface area contributed by atoms with Gasteiger partial charge in [-0.2, -0.15) is 26.3 Å². The molecule has 0 spiro atoms. The van der Waals surface area contributed by atoms with E-state index in [4.69, 9.17) is 0 Å². The minimum atomic E-state index is -4.63. The summed E-state index contributed by atoms with van der Waals surface area (Å²) in [5.74, 6) is -1.43. The average molecular weight is 437 g/mol. The standard InChI is InChI=1S/C16H18F6N2O3.ClH/c17-15(18,19)8-26-11-1-2-13(27-9-16(20,21)22)12(7-11)14(25)24-10-3-5-23-6-4-10;/h1-2,7,10,23H,3-6,8-9H2,(H,24,25);1H. The van der Waals surface area contributed by atoms with Gasteiger partial charge in [0.15, 0.2) is 13.2 Å². The largest absolute Gasteiger partial charge is 0.484 e. The van der Waals surface area contributed by atoms with Crippen molar-refractivity contribution >= 4 is 18.3 Å². The van der Waals surface area contributed by atoms with E-state index in [1.807, 2.05) is 0 Å². The molecule has 5 nitrogen and oxygen atoms in total. The molecular formula is C16H19ClF6N2O3. The van der Waals surface area contributed by atoms with Crippen molar-refractivity contribution in [3.8, 4) is 11.5 Å². The highest BCUT2D eigenvalue weighted by molar-refractivity contribution is 5.97. The Balaban J connectivity index is 0.00000392. The van der Waals surface area contributed by atoms with Crippen molar-refractivity contribution in [3.63, 3.8) is 0 Å². The summed E-state index contributed by atoms with van der Waals surface area (Å²) >= 11 is 0. The van der Waals surface area contributed by atoms with Crippen LogP contribution >= 0.6 is 12.4 Å². The highest BCUT2D eigenvalue weighted by Crippen LogP contribution is 2.28. The average Bonchev–Trinajstić information content (AvgIpc) is 2.58. The molecule has 0 bridgehead atoms. The van der Waals surface area contributed by atoms with Gasteiger partial charge in [-0.3, -0.25) is 4.79 Å². The zero-order chi connectivity index (χ0) is 20.1. The summed E-state index contributed by atoms with van der Waals surface area (Å²) in [5.41, 5.74) is -0.322. The Bertz CT molecular complexity index is 648. The van der Waals surface area contributed by atoms with Crippen molar-refractivity contribution in [1.29, 1.82) is 0 Å². The van der Waals surface area contributed by atoms with E-state index in [1.54, 1.807) is 0 Å². The molecule has 160 valence electrons. The maximum Gasteiger partial charge on any atom is 0.422 e. The molecule has 0 saturated carbocycles. The first-order chi connectivity index (χ1) is 12.5. The van der Waals surface area contributed by atoms with E-state index < -0.39 is 37.2 Å². The van der Waals surface area contributed by atoms with Crippen molar-refractivity contribution in [2.24, 2.45) is 0 Å². The number of hydrogen-bond donors (Lipinski definition) is 2. The predicted molar refractivity (Wildman–Crippen MR) is 90.1 cm³/mol. The zero-order valence-electron chi connectivity index (χ0n) is 14.5. The van der Waals surface area contributed by atoms with Crippen molar-refractivity contribution in [2.45, 2.75) is 31.2 Å². The first-order valence-electron chi connectivity index (χ1n) is 8.08. The molecule has 0 aliphatic carbocycles. The minimum absolute atomic E-state index is 0. The molecule has 1 aliphatic rings. The zero-order valence-corrected chi connectivity index (χ0v) is 15.3. The number of piperidine rings is 1. The Hall–Kier alpha value is -1.88. The lowest BCUT2D eigenvalue weighted by Crippen LogP contribution is -2.42. The third-order valence-corrected chi connectivity index (χ3v) is 3.66. The number of hydrogen-bond acceptors (Lipinski definition) is 4. The van der Waals surface area contributed by atoms with Crippen molar-refractivity contribution in [3.05, 3.63) is 23.8 Å². The van der Waals surface area contributed by atoms with Crippen molar-refractivity contribution in [1.82, 2.24) is 10.6 Å². The summed E-state index contributed by atoms with van der Waals surface area (Å²) in [6.45, 7) is -1.90. The SMILES string of the molecule is Cl.O=C(NC1CCNCC1)c1cc(OCC(F)(F)F)ccc1OCC(F)(F)F. The fourth-order valence-corrected chi connectivity index (χ4v) is 2.46. The number of alkyl halides is 6. The van der Waals surface area contributed by atoms with Gasteiger partial charge >= 0.3 is 12.4 Å². The Morgan fingerprint density at radius 1 is 1.04 bits per heavy atom. The van der Waals surface area contributed by atoms with E-state index in [0.29, 0.717) is 25.9 Å². The number of halogens is 7. The van der Waals surface area contributed by atoms with E-state index in [-0.39, 0.29) is 29.8 Å². The molecule has 0 radical (unpaired) electrons. The summed E-state index contributed by atoms with van der Waals surface area (Å²) < 4.78 is 83.2. The van der Waals surface area contributed by atoms with Gasteiger partial charge in [0.2, 0.25) is 0 Å². The molecule has 1 amide bonds. The second kappa shape index (κ2) is 10.1. The van der Waals surface area contributed by atoms with Crippen molar-refractivity contribution in [2.75, 3.05) is 26.3 Å². The van der Waals surface area contributed by atoms with Crippen LogP contribution in [0.15, 0.2) is 18.2 Å². The maximum atomic E-state index is 12.4. The quantitative estimate of drug-likeness (QED) is 0.670. The number of ether oxygens (including phenoxy) is 2. The Morgan fingerprint density at radius 3 is 2.18 bits per heavy atom. The van der Waals surface area contributed by atoms with Crippen LogP contribution < -0.4 is 20.1 Å².